The quantitative estimate of drug-likeness (QED) is 0.185. The molecular formula is C41H35N. The van der Waals surface area contributed by atoms with Crippen LogP contribution >= 0.6 is 0 Å². The molecule has 42 heavy (non-hydrogen) atoms. The molecule has 1 heteroatoms. The van der Waals surface area contributed by atoms with E-state index in [1.807, 2.05) is 6.08 Å². The molecule has 0 radical (unpaired) electrons. The van der Waals surface area contributed by atoms with Gasteiger partial charge in [-0.1, -0.05) is 129 Å². The molecule has 6 rings (SSSR count). The summed E-state index contributed by atoms with van der Waals surface area (Å²) in [6.45, 7) is 6.84. The van der Waals surface area contributed by atoms with Gasteiger partial charge in [0.1, 0.15) is 0 Å². The van der Waals surface area contributed by atoms with Crippen molar-refractivity contribution in [1.82, 2.24) is 0 Å². The third-order valence-corrected chi connectivity index (χ3v) is 8.21. The number of nitrogens with zero attached hydrogens (tertiary/aromatic N) is 1. The summed E-state index contributed by atoms with van der Waals surface area (Å²) in [5, 5.41) is 0. The van der Waals surface area contributed by atoms with Crippen LogP contribution in [-0.4, -0.2) is 0 Å². The second-order valence-electron chi connectivity index (χ2n) is 11.3. The van der Waals surface area contributed by atoms with Crippen molar-refractivity contribution in [2.75, 3.05) is 4.90 Å². The molecule has 0 atom stereocenters. The van der Waals surface area contributed by atoms with Gasteiger partial charge in [-0.05, 0) is 88.4 Å². The van der Waals surface area contributed by atoms with Gasteiger partial charge in [0.15, 0.2) is 0 Å². The maximum Gasteiger partial charge on any atom is 0.0464 e. The second-order valence-corrected chi connectivity index (χ2v) is 11.3. The minimum Gasteiger partial charge on any atom is -0.311 e. The van der Waals surface area contributed by atoms with Crippen LogP contribution in [0.3, 0.4) is 0 Å². The zero-order chi connectivity index (χ0) is 28.9. The molecule has 1 nitrogen and oxygen atoms in total. The van der Waals surface area contributed by atoms with Gasteiger partial charge in [-0.3, -0.25) is 0 Å². The summed E-state index contributed by atoms with van der Waals surface area (Å²) in [6, 6.07) is 45.9. The fourth-order valence-corrected chi connectivity index (χ4v) is 5.80. The molecule has 1 aliphatic rings. The predicted molar refractivity (Wildman–Crippen MR) is 179 cm³/mol. The van der Waals surface area contributed by atoms with Crippen LogP contribution in [0.25, 0.3) is 22.3 Å². The monoisotopic (exact) mass is 541 g/mol. The van der Waals surface area contributed by atoms with E-state index in [-0.39, 0.29) is 5.41 Å². The van der Waals surface area contributed by atoms with Gasteiger partial charge in [-0.25, -0.2) is 0 Å². The van der Waals surface area contributed by atoms with Crippen molar-refractivity contribution >= 4 is 11.4 Å². The molecule has 1 aliphatic carbocycles. The smallest absolute Gasteiger partial charge is 0.0464 e. The second kappa shape index (κ2) is 11.8. The minimum absolute atomic E-state index is 0.139. The van der Waals surface area contributed by atoms with E-state index in [9.17, 15) is 0 Å². The Labute approximate surface area is 250 Å². The van der Waals surface area contributed by atoms with Gasteiger partial charge >= 0.3 is 0 Å². The average Bonchev–Trinajstić information content (AvgIpc) is 3.33. The summed E-state index contributed by atoms with van der Waals surface area (Å²) in [5.74, 6) is 6.35. The van der Waals surface area contributed by atoms with E-state index in [1.165, 1.54) is 38.9 Å². The highest BCUT2D eigenvalue weighted by Gasteiger charge is 2.26. The molecule has 204 valence electrons. The summed E-state index contributed by atoms with van der Waals surface area (Å²) in [6.07, 6.45) is 7.02. The maximum absolute atomic E-state index is 3.21. The molecule has 0 unspecified atom stereocenters. The standard InChI is InChI=1S/C41H35N/c1-31-20-27-39(30-40(31)41(2,3)36-16-10-7-11-17-36)42(37-18-12-4-5-13-19-37)38-28-25-35(26-29-38)34-23-21-33(22-24-34)32-14-8-6-9-15-32/h6-12,14-30H,13H2,1-3H3. The molecule has 0 saturated heterocycles. The molecule has 0 aliphatic heterocycles. The van der Waals surface area contributed by atoms with Gasteiger partial charge < -0.3 is 4.90 Å². The molecule has 0 bridgehead atoms. The molecule has 0 spiro atoms. The molecule has 5 aromatic rings. The van der Waals surface area contributed by atoms with Gasteiger partial charge in [-0.15, -0.1) is 0 Å². The summed E-state index contributed by atoms with van der Waals surface area (Å²) < 4.78 is 0. The molecule has 0 N–H and O–H groups in total. The molecular weight excluding hydrogens is 506 g/mol. The molecule has 0 amide bonds. The topological polar surface area (TPSA) is 3.24 Å². The highest BCUT2D eigenvalue weighted by atomic mass is 15.1. The zero-order valence-corrected chi connectivity index (χ0v) is 24.5. The van der Waals surface area contributed by atoms with Crippen molar-refractivity contribution in [1.29, 1.82) is 0 Å². The molecule has 0 heterocycles. The van der Waals surface area contributed by atoms with Gasteiger partial charge in [0.25, 0.3) is 0 Å². The summed E-state index contributed by atoms with van der Waals surface area (Å²) >= 11 is 0. The Morgan fingerprint density at radius 2 is 1.17 bits per heavy atom. The number of anilines is 2. The van der Waals surface area contributed by atoms with Crippen LogP contribution in [0.5, 0.6) is 0 Å². The Balaban J connectivity index is 1.37. The van der Waals surface area contributed by atoms with E-state index in [1.54, 1.807) is 0 Å². The Bertz CT molecular complexity index is 1790. The van der Waals surface area contributed by atoms with Crippen molar-refractivity contribution in [2.24, 2.45) is 0 Å². The normalized spacial score (nSPS) is 12.6. The maximum atomic E-state index is 3.21. The summed E-state index contributed by atoms with van der Waals surface area (Å²) in [5.41, 5.74) is 12.0. The fraction of sp³-hybridized carbons (Fsp3) is 0.122. The first-order valence-electron chi connectivity index (χ1n) is 14.6. The van der Waals surface area contributed by atoms with Crippen molar-refractivity contribution in [2.45, 2.75) is 32.6 Å². The first-order valence-corrected chi connectivity index (χ1v) is 14.6. The van der Waals surface area contributed by atoms with E-state index >= 15 is 0 Å². The van der Waals surface area contributed by atoms with Crippen LogP contribution < -0.4 is 4.90 Å². The predicted octanol–water partition coefficient (Wildman–Crippen LogP) is 10.6. The Hall–Kier alpha value is -5.06. The Morgan fingerprint density at radius 3 is 1.81 bits per heavy atom. The van der Waals surface area contributed by atoms with Gasteiger partial charge in [0, 0.05) is 28.9 Å². The highest BCUT2D eigenvalue weighted by Crippen LogP contribution is 2.39. The zero-order valence-electron chi connectivity index (χ0n) is 24.5. The number of hydrogen-bond acceptors (Lipinski definition) is 1. The molecule has 5 aromatic carbocycles. The largest absolute Gasteiger partial charge is 0.311 e. The highest BCUT2D eigenvalue weighted by molar-refractivity contribution is 5.76. The van der Waals surface area contributed by atoms with Crippen LogP contribution in [0.4, 0.5) is 11.4 Å². The van der Waals surface area contributed by atoms with Crippen molar-refractivity contribution in [3.8, 4) is 34.1 Å². The lowest BCUT2D eigenvalue weighted by molar-refractivity contribution is 0.636. The number of hydrogen-bond donors (Lipinski definition) is 0. The van der Waals surface area contributed by atoms with E-state index in [4.69, 9.17) is 0 Å². The fourth-order valence-electron chi connectivity index (χ4n) is 5.80. The summed E-state index contributed by atoms with van der Waals surface area (Å²) in [7, 11) is 0. The van der Waals surface area contributed by atoms with Gasteiger partial charge in [0.2, 0.25) is 0 Å². The third kappa shape index (κ3) is 5.58. The SMILES string of the molecule is Cc1ccc(N(C2=CCC#CC=C2)c2ccc(-c3ccc(-c4ccccc4)cc3)cc2)cc1C(C)(C)c1ccccc1. The van der Waals surface area contributed by atoms with Crippen molar-refractivity contribution in [3.63, 3.8) is 0 Å². The number of allylic oxidation sites excluding steroid dienone is 3. The van der Waals surface area contributed by atoms with Crippen LogP contribution in [0, 0.1) is 18.8 Å². The number of rotatable bonds is 7. The lowest BCUT2D eigenvalue weighted by Gasteiger charge is -2.32. The lowest BCUT2D eigenvalue weighted by Crippen LogP contribution is -2.22. The first-order chi connectivity index (χ1) is 20.5. The number of benzene rings is 5. The number of aryl methyl sites for hydroxylation is 1. The van der Waals surface area contributed by atoms with Crippen LogP contribution in [0.1, 0.15) is 37.0 Å². The molecule has 0 saturated carbocycles. The van der Waals surface area contributed by atoms with Crippen molar-refractivity contribution < 1.29 is 0 Å². The van der Waals surface area contributed by atoms with Gasteiger partial charge in [-0.2, -0.15) is 0 Å². The average molecular weight is 542 g/mol. The van der Waals surface area contributed by atoms with Crippen LogP contribution in [0.2, 0.25) is 0 Å². The summed E-state index contributed by atoms with van der Waals surface area (Å²) in [4.78, 5) is 2.34. The van der Waals surface area contributed by atoms with E-state index in [0.29, 0.717) is 0 Å². The molecule has 0 fully saturated rings. The van der Waals surface area contributed by atoms with Crippen LogP contribution in [0.15, 0.2) is 151 Å². The minimum atomic E-state index is -0.139. The first kappa shape index (κ1) is 27.1. The Kier molecular flexibility index (Phi) is 7.63. The third-order valence-electron chi connectivity index (χ3n) is 8.21. The van der Waals surface area contributed by atoms with E-state index in [0.717, 1.165) is 23.5 Å². The van der Waals surface area contributed by atoms with Crippen LogP contribution in [-0.2, 0) is 5.41 Å². The lowest BCUT2D eigenvalue weighted by atomic mass is 9.76. The van der Waals surface area contributed by atoms with Gasteiger partial charge in [0.05, 0.1) is 0 Å². The van der Waals surface area contributed by atoms with E-state index < -0.39 is 0 Å². The van der Waals surface area contributed by atoms with Crippen molar-refractivity contribution in [3.05, 3.63) is 168 Å². The Morgan fingerprint density at radius 1 is 0.619 bits per heavy atom. The van der Waals surface area contributed by atoms with E-state index in [2.05, 4.69) is 177 Å². The molecule has 0 aromatic heterocycles.